The molecule has 0 fully saturated rings. The number of aryl methyl sites for hydroxylation is 2. The normalized spacial score (nSPS) is 10.9. The Labute approximate surface area is 131 Å². The lowest BCUT2D eigenvalue weighted by Gasteiger charge is -2.11. The Balaban J connectivity index is 1.81. The fourth-order valence-corrected chi connectivity index (χ4v) is 2.44. The van der Waals surface area contributed by atoms with Crippen molar-refractivity contribution in [1.29, 1.82) is 0 Å². The lowest BCUT2D eigenvalue weighted by molar-refractivity contribution is 0.111. The molecule has 0 saturated heterocycles. The lowest BCUT2D eigenvalue weighted by Crippen LogP contribution is -2.09. The highest BCUT2D eigenvalue weighted by Gasteiger charge is 2.15. The Morgan fingerprint density at radius 2 is 2.05 bits per heavy atom. The number of carbonyl (C=O) groups excluding carboxylic acids is 1. The van der Waals surface area contributed by atoms with E-state index in [1.165, 1.54) is 0 Å². The number of benzene rings is 1. The summed E-state index contributed by atoms with van der Waals surface area (Å²) in [4.78, 5) is 11.0. The third-order valence-electron chi connectivity index (χ3n) is 3.57. The van der Waals surface area contributed by atoms with Crippen LogP contribution in [0.2, 0.25) is 0 Å². The van der Waals surface area contributed by atoms with Crippen LogP contribution in [0.1, 0.15) is 54.4 Å². The van der Waals surface area contributed by atoms with Gasteiger partial charge in [-0.1, -0.05) is 37.3 Å². The van der Waals surface area contributed by atoms with E-state index in [0.29, 0.717) is 12.3 Å². The maximum absolute atomic E-state index is 11.0. The summed E-state index contributed by atoms with van der Waals surface area (Å²) < 4.78 is 7.61. The summed E-state index contributed by atoms with van der Waals surface area (Å²) >= 11 is 0. The first-order valence-electron chi connectivity index (χ1n) is 7.70. The average Bonchev–Trinajstić information content (AvgIpc) is 2.92. The number of aldehydes is 1. The van der Waals surface area contributed by atoms with Crippen molar-refractivity contribution in [3.05, 3.63) is 41.2 Å². The maximum atomic E-state index is 11.0. The summed E-state index contributed by atoms with van der Waals surface area (Å²) in [6, 6.07) is 8.01. The molecule has 1 aromatic heterocycles. The molecule has 0 bridgehead atoms. The van der Waals surface area contributed by atoms with Crippen molar-refractivity contribution in [1.82, 2.24) is 15.0 Å². The molecule has 5 heteroatoms. The summed E-state index contributed by atoms with van der Waals surface area (Å²) in [5, 5.41) is 8.00. The Hall–Kier alpha value is -2.17. The van der Waals surface area contributed by atoms with E-state index in [0.717, 1.165) is 42.7 Å². The second-order valence-corrected chi connectivity index (χ2v) is 5.68. The van der Waals surface area contributed by atoms with Gasteiger partial charge in [-0.15, -0.1) is 5.10 Å². The highest BCUT2D eigenvalue weighted by molar-refractivity contribution is 5.73. The second-order valence-electron chi connectivity index (χ2n) is 5.68. The van der Waals surface area contributed by atoms with Gasteiger partial charge in [-0.2, -0.15) is 0 Å². The molecule has 5 nitrogen and oxygen atoms in total. The molecule has 0 atom stereocenters. The molecule has 0 N–H and O–H groups in total. The van der Waals surface area contributed by atoms with Crippen molar-refractivity contribution in [3.63, 3.8) is 0 Å². The highest BCUT2D eigenvalue weighted by atomic mass is 16.5. The number of hydrogen-bond acceptors (Lipinski definition) is 4. The zero-order valence-electron chi connectivity index (χ0n) is 13.5. The van der Waals surface area contributed by atoms with E-state index in [2.05, 4.69) is 10.3 Å². The standard InChI is InChI=1S/C17H23N3O2/c1-13(2)17-15(12-21)18-19-20(17)10-6-7-11-22-16-9-5-4-8-14(16)3/h4-5,8-9,12-13H,6-7,10-11H2,1-3H3. The van der Waals surface area contributed by atoms with E-state index in [1.807, 2.05) is 49.7 Å². The van der Waals surface area contributed by atoms with Gasteiger partial charge in [-0.05, 0) is 37.3 Å². The first-order chi connectivity index (χ1) is 10.6. The Bertz CT molecular complexity index is 620. The minimum absolute atomic E-state index is 0.235. The van der Waals surface area contributed by atoms with Crippen LogP contribution >= 0.6 is 0 Å². The van der Waals surface area contributed by atoms with Crippen LogP contribution in [-0.4, -0.2) is 27.9 Å². The van der Waals surface area contributed by atoms with Crippen molar-refractivity contribution in [2.75, 3.05) is 6.61 Å². The molecular weight excluding hydrogens is 278 g/mol. The van der Waals surface area contributed by atoms with E-state index >= 15 is 0 Å². The molecule has 2 rings (SSSR count). The second kappa shape index (κ2) is 7.73. The van der Waals surface area contributed by atoms with E-state index in [-0.39, 0.29) is 5.92 Å². The van der Waals surface area contributed by atoms with Crippen LogP contribution in [0.25, 0.3) is 0 Å². The summed E-state index contributed by atoms with van der Waals surface area (Å²) in [5.74, 6) is 1.17. The van der Waals surface area contributed by atoms with Gasteiger partial charge in [-0.25, -0.2) is 4.68 Å². The zero-order chi connectivity index (χ0) is 15.9. The smallest absolute Gasteiger partial charge is 0.172 e. The van der Waals surface area contributed by atoms with Gasteiger partial charge in [0, 0.05) is 6.54 Å². The number of nitrogens with zero attached hydrogens (tertiary/aromatic N) is 3. The van der Waals surface area contributed by atoms with Crippen LogP contribution in [0, 0.1) is 6.92 Å². The van der Waals surface area contributed by atoms with Crippen molar-refractivity contribution < 1.29 is 9.53 Å². The number of ether oxygens (including phenoxy) is 1. The molecule has 0 saturated carbocycles. The van der Waals surface area contributed by atoms with Crippen LogP contribution in [0.3, 0.4) is 0 Å². The van der Waals surface area contributed by atoms with Crippen LogP contribution in [0.5, 0.6) is 5.75 Å². The molecule has 1 heterocycles. The molecule has 22 heavy (non-hydrogen) atoms. The fourth-order valence-electron chi connectivity index (χ4n) is 2.44. The monoisotopic (exact) mass is 301 g/mol. The van der Waals surface area contributed by atoms with Gasteiger partial charge >= 0.3 is 0 Å². The number of rotatable bonds is 8. The minimum Gasteiger partial charge on any atom is -0.493 e. The largest absolute Gasteiger partial charge is 0.493 e. The lowest BCUT2D eigenvalue weighted by atomic mass is 10.1. The van der Waals surface area contributed by atoms with Gasteiger partial charge in [-0.3, -0.25) is 4.79 Å². The van der Waals surface area contributed by atoms with Gasteiger partial charge in [0.2, 0.25) is 0 Å². The van der Waals surface area contributed by atoms with Crippen molar-refractivity contribution in [3.8, 4) is 5.75 Å². The van der Waals surface area contributed by atoms with Crippen molar-refractivity contribution in [2.24, 2.45) is 0 Å². The number of aromatic nitrogens is 3. The van der Waals surface area contributed by atoms with Crippen LogP contribution in [0.15, 0.2) is 24.3 Å². The molecule has 0 aliphatic carbocycles. The van der Waals surface area contributed by atoms with E-state index in [9.17, 15) is 4.79 Å². The molecule has 0 aliphatic heterocycles. The molecule has 0 unspecified atom stereocenters. The summed E-state index contributed by atoms with van der Waals surface area (Å²) in [7, 11) is 0. The summed E-state index contributed by atoms with van der Waals surface area (Å²) in [6.07, 6.45) is 2.65. The van der Waals surface area contributed by atoms with Crippen molar-refractivity contribution in [2.45, 2.75) is 46.1 Å². The quantitative estimate of drug-likeness (QED) is 0.554. The SMILES string of the molecule is Cc1ccccc1OCCCCn1nnc(C=O)c1C(C)C. The molecule has 0 amide bonds. The van der Waals surface area contributed by atoms with Gasteiger partial charge in [0.1, 0.15) is 11.4 Å². The molecule has 0 spiro atoms. The zero-order valence-corrected chi connectivity index (χ0v) is 13.5. The Kier molecular flexibility index (Phi) is 5.69. The van der Waals surface area contributed by atoms with E-state index in [1.54, 1.807) is 0 Å². The predicted octanol–water partition coefficient (Wildman–Crippen LogP) is 3.38. The first-order valence-corrected chi connectivity index (χ1v) is 7.70. The van der Waals surface area contributed by atoms with Crippen LogP contribution in [-0.2, 0) is 6.54 Å². The van der Waals surface area contributed by atoms with Gasteiger partial charge in [0.25, 0.3) is 0 Å². The summed E-state index contributed by atoms with van der Waals surface area (Å²) in [6.45, 7) is 7.57. The highest BCUT2D eigenvalue weighted by Crippen LogP contribution is 2.18. The van der Waals surface area contributed by atoms with Crippen molar-refractivity contribution >= 4 is 6.29 Å². The molecular formula is C17H23N3O2. The van der Waals surface area contributed by atoms with E-state index < -0.39 is 0 Å². The topological polar surface area (TPSA) is 57.0 Å². The predicted molar refractivity (Wildman–Crippen MR) is 85.4 cm³/mol. The first kappa shape index (κ1) is 16.2. The minimum atomic E-state index is 0.235. The third kappa shape index (κ3) is 3.93. The van der Waals surface area contributed by atoms with E-state index in [4.69, 9.17) is 4.74 Å². The molecule has 0 radical (unpaired) electrons. The van der Waals surface area contributed by atoms with Crippen LogP contribution in [0.4, 0.5) is 0 Å². The third-order valence-corrected chi connectivity index (χ3v) is 3.57. The molecule has 2 aromatic rings. The Morgan fingerprint density at radius 3 is 2.73 bits per heavy atom. The number of hydrogen-bond donors (Lipinski definition) is 0. The summed E-state index contributed by atoms with van der Waals surface area (Å²) in [5.41, 5.74) is 2.51. The van der Waals surface area contributed by atoms with Crippen LogP contribution < -0.4 is 4.74 Å². The fraction of sp³-hybridized carbons (Fsp3) is 0.471. The molecule has 1 aromatic carbocycles. The molecule has 0 aliphatic rings. The Morgan fingerprint density at radius 1 is 1.27 bits per heavy atom. The van der Waals surface area contributed by atoms with Gasteiger partial charge < -0.3 is 4.74 Å². The van der Waals surface area contributed by atoms with Gasteiger partial charge in [0.05, 0.1) is 12.3 Å². The number of para-hydroxylation sites is 1. The van der Waals surface area contributed by atoms with Gasteiger partial charge in [0.15, 0.2) is 6.29 Å². The number of unbranched alkanes of at least 4 members (excludes halogenated alkanes) is 1. The number of carbonyl (C=O) groups is 1. The average molecular weight is 301 g/mol. The molecule has 118 valence electrons. The maximum Gasteiger partial charge on any atom is 0.172 e.